The first-order valence-electron chi connectivity index (χ1n) is 6.31. The van der Waals surface area contributed by atoms with Crippen molar-refractivity contribution in [1.82, 2.24) is 5.32 Å². The molecule has 1 amide bonds. The molecule has 104 valence electrons. The highest BCUT2D eigenvalue weighted by Crippen LogP contribution is 2.24. The summed E-state index contributed by atoms with van der Waals surface area (Å²) >= 11 is 0. The van der Waals surface area contributed by atoms with Gasteiger partial charge in [-0.3, -0.25) is 4.79 Å². The molecule has 0 aromatic heterocycles. The molecule has 1 aliphatic rings. The number of benzene rings is 1. The maximum absolute atomic E-state index is 13.0. The van der Waals surface area contributed by atoms with Gasteiger partial charge in [-0.2, -0.15) is 0 Å². The Kier molecular flexibility index (Phi) is 3.87. The van der Waals surface area contributed by atoms with E-state index in [4.69, 9.17) is 4.74 Å². The molecule has 2 N–H and O–H groups in total. The van der Waals surface area contributed by atoms with Crippen LogP contribution in [0.3, 0.4) is 0 Å². The van der Waals surface area contributed by atoms with Gasteiger partial charge in [-0.15, -0.1) is 0 Å². The Morgan fingerprint density at radius 2 is 2.37 bits per heavy atom. The molecule has 19 heavy (non-hydrogen) atoms. The molecule has 1 fully saturated rings. The molecule has 0 aliphatic carbocycles. The minimum absolute atomic E-state index is 0.129. The van der Waals surface area contributed by atoms with Gasteiger partial charge in [0.15, 0.2) is 0 Å². The van der Waals surface area contributed by atoms with Gasteiger partial charge >= 0.3 is 0 Å². The molecule has 0 saturated carbocycles. The average Bonchev–Trinajstić information content (AvgIpc) is 2.67. The van der Waals surface area contributed by atoms with E-state index in [0.29, 0.717) is 24.2 Å². The number of halogens is 1. The monoisotopic (exact) mass is 267 g/mol. The lowest BCUT2D eigenvalue weighted by Crippen LogP contribution is -2.47. The topological polar surface area (TPSA) is 58.6 Å². The Balaban J connectivity index is 2.02. The number of aryl methyl sites for hydroxylation is 1. The summed E-state index contributed by atoms with van der Waals surface area (Å²) in [7, 11) is 0. The Hall–Kier alpha value is -1.46. The second-order valence-electron chi connectivity index (χ2n) is 5.01. The van der Waals surface area contributed by atoms with Crippen LogP contribution in [0.15, 0.2) is 18.2 Å². The standard InChI is InChI=1S/C14H18FNO3/c1-9-7-11(15)3-4-12(9)13(17)16-8-14(18)5-6-19-10(14)2/h3-4,7,10,18H,5-6,8H2,1-2H3,(H,16,17). The Bertz CT molecular complexity index is 492. The van der Waals surface area contributed by atoms with E-state index >= 15 is 0 Å². The summed E-state index contributed by atoms with van der Waals surface area (Å²) in [5.74, 6) is -0.685. The predicted octanol–water partition coefficient (Wildman–Crippen LogP) is 1.40. The van der Waals surface area contributed by atoms with Gasteiger partial charge in [0, 0.05) is 25.1 Å². The van der Waals surface area contributed by atoms with E-state index in [9.17, 15) is 14.3 Å². The van der Waals surface area contributed by atoms with Crippen molar-refractivity contribution in [2.45, 2.75) is 32.0 Å². The highest BCUT2D eigenvalue weighted by Gasteiger charge is 2.39. The van der Waals surface area contributed by atoms with Gasteiger partial charge in [-0.05, 0) is 37.6 Å². The average molecular weight is 267 g/mol. The highest BCUT2D eigenvalue weighted by molar-refractivity contribution is 5.95. The Morgan fingerprint density at radius 3 is 2.95 bits per heavy atom. The molecule has 2 rings (SSSR count). The first-order valence-corrected chi connectivity index (χ1v) is 6.31. The summed E-state index contributed by atoms with van der Waals surface area (Å²) in [6, 6.07) is 4.00. The number of amides is 1. The van der Waals surface area contributed by atoms with Crippen molar-refractivity contribution in [3.63, 3.8) is 0 Å². The van der Waals surface area contributed by atoms with Crippen LogP contribution in [0.4, 0.5) is 4.39 Å². The van der Waals surface area contributed by atoms with Crippen LogP contribution >= 0.6 is 0 Å². The number of rotatable bonds is 3. The zero-order chi connectivity index (χ0) is 14.0. The van der Waals surface area contributed by atoms with Crippen molar-refractivity contribution < 1.29 is 19.0 Å². The SMILES string of the molecule is Cc1cc(F)ccc1C(=O)NCC1(O)CCOC1C. The van der Waals surface area contributed by atoms with Crippen LogP contribution in [0.5, 0.6) is 0 Å². The molecule has 1 aromatic rings. The molecule has 4 nitrogen and oxygen atoms in total. The first kappa shape index (κ1) is 14.0. The Morgan fingerprint density at radius 1 is 1.63 bits per heavy atom. The maximum Gasteiger partial charge on any atom is 0.251 e. The van der Waals surface area contributed by atoms with Gasteiger partial charge in [-0.25, -0.2) is 4.39 Å². The normalized spacial score (nSPS) is 26.4. The smallest absolute Gasteiger partial charge is 0.251 e. The van der Waals surface area contributed by atoms with Crippen LogP contribution in [0.2, 0.25) is 0 Å². The van der Waals surface area contributed by atoms with Gasteiger partial charge in [0.25, 0.3) is 5.91 Å². The molecule has 1 aliphatic heterocycles. The minimum atomic E-state index is -1.02. The zero-order valence-electron chi connectivity index (χ0n) is 11.1. The minimum Gasteiger partial charge on any atom is -0.385 e. The molecule has 0 radical (unpaired) electrons. The molecule has 1 saturated heterocycles. The largest absolute Gasteiger partial charge is 0.385 e. The third-order valence-electron chi connectivity index (χ3n) is 3.65. The number of ether oxygens (including phenoxy) is 1. The van der Waals surface area contributed by atoms with E-state index in [2.05, 4.69) is 5.32 Å². The summed E-state index contributed by atoms with van der Waals surface area (Å²) in [6.07, 6.45) is 0.193. The molecule has 0 bridgehead atoms. The van der Waals surface area contributed by atoms with Crippen molar-refractivity contribution in [3.05, 3.63) is 35.1 Å². The fourth-order valence-electron chi connectivity index (χ4n) is 2.21. The van der Waals surface area contributed by atoms with E-state index in [1.54, 1.807) is 13.8 Å². The van der Waals surface area contributed by atoms with Gasteiger partial charge in [-0.1, -0.05) is 0 Å². The van der Waals surface area contributed by atoms with Crippen LogP contribution < -0.4 is 5.32 Å². The van der Waals surface area contributed by atoms with E-state index < -0.39 is 5.60 Å². The summed E-state index contributed by atoms with van der Waals surface area (Å²) in [5, 5.41) is 12.9. The van der Waals surface area contributed by atoms with E-state index in [0.717, 1.165) is 0 Å². The Labute approximate surface area is 111 Å². The highest BCUT2D eigenvalue weighted by atomic mass is 19.1. The summed E-state index contributed by atoms with van der Waals surface area (Å²) in [5.41, 5.74) is -0.0411. The molecule has 2 unspecified atom stereocenters. The van der Waals surface area contributed by atoms with Gasteiger partial charge < -0.3 is 15.2 Å². The summed E-state index contributed by atoms with van der Waals surface area (Å²) in [4.78, 5) is 12.0. The summed E-state index contributed by atoms with van der Waals surface area (Å²) in [6.45, 7) is 4.07. The second-order valence-corrected chi connectivity index (χ2v) is 5.01. The van der Waals surface area contributed by atoms with Crippen molar-refractivity contribution in [2.75, 3.05) is 13.2 Å². The second kappa shape index (κ2) is 5.27. The van der Waals surface area contributed by atoms with Crippen molar-refractivity contribution >= 4 is 5.91 Å². The van der Waals surface area contributed by atoms with Crippen LogP contribution in [0.1, 0.15) is 29.3 Å². The lowest BCUT2D eigenvalue weighted by atomic mass is 9.96. The lowest BCUT2D eigenvalue weighted by Gasteiger charge is -2.26. The molecule has 1 heterocycles. The quantitative estimate of drug-likeness (QED) is 0.870. The van der Waals surface area contributed by atoms with E-state index in [1.807, 2.05) is 0 Å². The molecule has 2 atom stereocenters. The predicted molar refractivity (Wildman–Crippen MR) is 68.5 cm³/mol. The fraction of sp³-hybridized carbons (Fsp3) is 0.500. The molecular formula is C14H18FNO3. The van der Waals surface area contributed by atoms with Crippen LogP contribution in [0.25, 0.3) is 0 Å². The van der Waals surface area contributed by atoms with Gasteiger partial charge in [0.2, 0.25) is 0 Å². The number of carbonyl (C=O) groups is 1. The number of hydrogen-bond acceptors (Lipinski definition) is 3. The van der Waals surface area contributed by atoms with Gasteiger partial charge in [0.1, 0.15) is 11.4 Å². The van der Waals surface area contributed by atoms with E-state index in [1.165, 1.54) is 18.2 Å². The fourth-order valence-corrected chi connectivity index (χ4v) is 2.21. The van der Waals surface area contributed by atoms with Crippen molar-refractivity contribution in [2.24, 2.45) is 0 Å². The lowest BCUT2D eigenvalue weighted by molar-refractivity contribution is -0.0251. The van der Waals surface area contributed by atoms with Crippen LogP contribution in [-0.4, -0.2) is 35.9 Å². The van der Waals surface area contributed by atoms with E-state index in [-0.39, 0.29) is 24.4 Å². The zero-order valence-corrected chi connectivity index (χ0v) is 11.1. The number of aliphatic hydroxyl groups is 1. The number of hydrogen-bond donors (Lipinski definition) is 2. The van der Waals surface area contributed by atoms with Crippen LogP contribution in [-0.2, 0) is 4.74 Å². The molecule has 1 aromatic carbocycles. The third kappa shape index (κ3) is 2.93. The number of nitrogens with one attached hydrogen (secondary N) is 1. The maximum atomic E-state index is 13.0. The molecule has 5 heteroatoms. The van der Waals surface area contributed by atoms with Crippen molar-refractivity contribution in [3.8, 4) is 0 Å². The molecular weight excluding hydrogens is 249 g/mol. The summed E-state index contributed by atoms with van der Waals surface area (Å²) < 4.78 is 18.3. The van der Waals surface area contributed by atoms with Crippen molar-refractivity contribution in [1.29, 1.82) is 0 Å². The molecule has 0 spiro atoms. The van der Waals surface area contributed by atoms with Gasteiger partial charge in [0.05, 0.1) is 6.10 Å². The first-order chi connectivity index (χ1) is 8.92. The number of carbonyl (C=O) groups excluding carboxylic acids is 1. The van der Waals surface area contributed by atoms with Crippen LogP contribution in [0, 0.1) is 12.7 Å². The third-order valence-corrected chi connectivity index (χ3v) is 3.65.